The van der Waals surface area contributed by atoms with Crippen molar-refractivity contribution in [2.24, 2.45) is 0 Å². The Morgan fingerprint density at radius 1 is 0.795 bits per heavy atom. The third-order valence-corrected chi connectivity index (χ3v) is 10.2. The molecule has 0 fully saturated rings. The average Bonchev–Trinajstić information content (AvgIpc) is 2.98. The summed E-state index contributed by atoms with van der Waals surface area (Å²) in [5.74, 6) is 0. The van der Waals surface area contributed by atoms with E-state index in [1.54, 1.807) is 0 Å². The van der Waals surface area contributed by atoms with E-state index in [0.29, 0.717) is 0 Å². The lowest BCUT2D eigenvalue weighted by atomic mass is 10.0. The lowest BCUT2D eigenvalue weighted by molar-refractivity contribution is -0.00000894. The number of aromatic nitrogens is 1. The number of hydrogen-bond donors (Lipinski definition) is 0. The molecule has 3 aromatic rings. The summed E-state index contributed by atoms with van der Waals surface area (Å²) in [7, 11) is 12.7. The first-order valence-corrected chi connectivity index (χ1v) is 17.0. The highest BCUT2D eigenvalue weighted by molar-refractivity contribution is 7.99. The van der Waals surface area contributed by atoms with Gasteiger partial charge in [0.1, 0.15) is 19.8 Å². The van der Waals surface area contributed by atoms with Crippen LogP contribution in [0.4, 0.5) is 11.4 Å². The molecule has 0 N–H and O–H groups in total. The van der Waals surface area contributed by atoms with Crippen molar-refractivity contribution in [2.75, 3.05) is 52.1 Å². The maximum absolute atomic E-state index is 5.01. The van der Waals surface area contributed by atoms with E-state index in [0.717, 1.165) is 30.5 Å². The molecule has 3 aromatic carbocycles. The number of aryl methyl sites for hydroxylation is 2. The molecule has 0 spiro atoms. The van der Waals surface area contributed by atoms with Gasteiger partial charge < -0.3 is 33.8 Å². The molecule has 232 valence electrons. The summed E-state index contributed by atoms with van der Waals surface area (Å²) in [6, 6.07) is 24.5. The Balaban J connectivity index is 0.000000212. The summed E-state index contributed by atoms with van der Waals surface area (Å²) in [4.78, 5) is 13.5. The van der Waals surface area contributed by atoms with Gasteiger partial charge in [-0.15, -0.1) is 11.3 Å². The highest BCUT2D eigenvalue weighted by Crippen LogP contribution is 2.40. The fourth-order valence-corrected chi connectivity index (χ4v) is 8.08. The summed E-state index contributed by atoms with van der Waals surface area (Å²) in [6.45, 7) is 4.47. The summed E-state index contributed by atoms with van der Waals surface area (Å²) in [5.41, 5.74) is 10.5. The number of halogens is 1. The van der Waals surface area contributed by atoms with Gasteiger partial charge >= 0.3 is 0 Å². The number of hydrogen-bond acceptors (Lipinski definition) is 5. The number of rotatable bonds is 6. The number of nitrogens with zero attached hydrogens (tertiary/aromatic N) is 4. The van der Waals surface area contributed by atoms with Crippen molar-refractivity contribution in [3.63, 3.8) is 0 Å². The Bertz CT molecular complexity index is 1790. The largest absolute Gasteiger partial charge is 1.00 e. The van der Waals surface area contributed by atoms with Crippen LogP contribution in [0, 0.1) is 0 Å². The second-order valence-corrected chi connectivity index (χ2v) is 14.1. The lowest BCUT2D eigenvalue weighted by Gasteiger charge is -2.20. The second-order valence-electron chi connectivity index (χ2n) is 12.0. The quantitative estimate of drug-likeness (QED) is 0.133. The Labute approximate surface area is 289 Å². The summed E-state index contributed by atoms with van der Waals surface area (Å²) in [6.07, 6.45) is 5.70. The van der Waals surface area contributed by atoms with Crippen molar-refractivity contribution in [3.8, 4) is 10.6 Å². The molecule has 0 radical (unpaired) electrons. The van der Waals surface area contributed by atoms with Crippen LogP contribution in [0.15, 0.2) is 76.5 Å². The normalized spacial score (nSPS) is 11.6. The molecule has 1 aliphatic carbocycles. The Kier molecular flexibility index (Phi) is 11.8. The maximum Gasteiger partial charge on any atom is 0.227 e. The van der Waals surface area contributed by atoms with Crippen molar-refractivity contribution < 1.29 is 24.0 Å². The van der Waals surface area contributed by atoms with Gasteiger partial charge in [0.05, 0.1) is 20.8 Å². The third kappa shape index (κ3) is 7.43. The van der Waals surface area contributed by atoms with Gasteiger partial charge in [-0.1, -0.05) is 68.8 Å². The van der Waals surface area contributed by atoms with Crippen LogP contribution < -0.4 is 43.7 Å². The molecule has 0 amide bonds. The zero-order valence-corrected chi connectivity index (χ0v) is 31.2. The fraction of sp³-hybridized carbons (Fsp3) is 0.351. The van der Waals surface area contributed by atoms with Crippen LogP contribution in [0.3, 0.4) is 0 Å². The van der Waals surface area contributed by atoms with Crippen LogP contribution in [0.2, 0.25) is 0 Å². The van der Waals surface area contributed by atoms with E-state index < -0.39 is 0 Å². The van der Waals surface area contributed by atoms with Gasteiger partial charge in [0, 0.05) is 49.2 Å². The van der Waals surface area contributed by atoms with E-state index in [1.165, 1.54) is 71.2 Å². The Morgan fingerprint density at radius 2 is 1.52 bits per heavy atom. The molecule has 0 atom stereocenters. The molecule has 0 saturated heterocycles. The van der Waals surface area contributed by atoms with E-state index in [2.05, 4.69) is 137 Å². The molecule has 4 nitrogen and oxygen atoms in total. The molecule has 3 aliphatic rings. The molecule has 0 aromatic heterocycles. The average molecular weight is 737 g/mol. The van der Waals surface area contributed by atoms with Crippen LogP contribution >= 0.6 is 23.1 Å². The van der Waals surface area contributed by atoms with Gasteiger partial charge in [0.25, 0.3) is 0 Å². The first-order chi connectivity index (χ1) is 20.7. The van der Waals surface area contributed by atoms with Gasteiger partial charge in [-0.3, -0.25) is 0 Å². The topological polar surface area (TPSA) is 22.4 Å². The SMILES string of the molecule is CCCc1cc2nc3ccc(N(C)C)cc3sc-2c(N(C)C)c1=[N+](C)C.CCCc1ccc2c(c1)Cc1ccccc1S2.[I-]. The zero-order chi connectivity index (χ0) is 30.7. The van der Waals surface area contributed by atoms with Crippen LogP contribution in [0.25, 0.3) is 20.8 Å². The molecule has 7 heteroatoms. The highest BCUT2D eigenvalue weighted by Gasteiger charge is 2.23. The van der Waals surface area contributed by atoms with Gasteiger partial charge in [0.15, 0.2) is 0 Å². The molecular formula is C37H45IN4S2. The van der Waals surface area contributed by atoms with Crippen LogP contribution in [0.1, 0.15) is 48.9 Å². The fourth-order valence-electron chi connectivity index (χ4n) is 5.82. The third-order valence-electron chi connectivity index (χ3n) is 7.85. The van der Waals surface area contributed by atoms with Crippen molar-refractivity contribution in [2.45, 2.75) is 55.7 Å². The maximum atomic E-state index is 5.01. The first-order valence-electron chi connectivity index (χ1n) is 15.3. The molecule has 6 rings (SSSR count). The van der Waals surface area contributed by atoms with Crippen LogP contribution in [-0.2, 0) is 19.3 Å². The van der Waals surface area contributed by atoms with Crippen molar-refractivity contribution in [3.05, 3.63) is 94.3 Å². The number of anilines is 2. The first kappa shape index (κ1) is 34.3. The highest BCUT2D eigenvalue weighted by atomic mass is 127. The predicted octanol–water partition coefficient (Wildman–Crippen LogP) is 5.22. The standard InChI is InChI=1S/C21H29N4S.C16H16S.HI/c1-8-9-14-12-17-21(20(25(6)7)19(14)24(4)5)26-18-13-15(23(2)3)10-11-16(18)22-17;1-2-5-12-8-9-16-14(10-12)11-13-6-3-4-7-15(13)17-16;/h10-13H,8-9H2,1-7H3;3-4,6-10H,2,5,11H2,1H3;1H/q+1;;/p-1. The predicted molar refractivity (Wildman–Crippen MR) is 190 cm³/mol. The monoisotopic (exact) mass is 736 g/mol. The van der Waals surface area contributed by atoms with E-state index >= 15 is 0 Å². The molecule has 2 heterocycles. The number of fused-ring (bicyclic) bond motifs is 4. The van der Waals surface area contributed by atoms with Crippen LogP contribution in [-0.4, -0.2) is 47.3 Å². The molecule has 0 saturated carbocycles. The molecule has 2 aliphatic heterocycles. The van der Waals surface area contributed by atoms with E-state index in [9.17, 15) is 0 Å². The molecule has 0 unspecified atom stereocenters. The van der Waals surface area contributed by atoms with Crippen molar-refractivity contribution in [1.29, 1.82) is 0 Å². The molecule has 44 heavy (non-hydrogen) atoms. The minimum atomic E-state index is 0. The molecule has 0 bridgehead atoms. The Morgan fingerprint density at radius 3 is 2.20 bits per heavy atom. The summed E-state index contributed by atoms with van der Waals surface area (Å²) in [5, 5.41) is 1.31. The van der Waals surface area contributed by atoms with Crippen molar-refractivity contribution >= 4 is 44.7 Å². The van der Waals surface area contributed by atoms with E-state index in [4.69, 9.17) is 4.98 Å². The van der Waals surface area contributed by atoms with Crippen LogP contribution in [0.5, 0.6) is 0 Å². The van der Waals surface area contributed by atoms with Crippen molar-refractivity contribution in [1.82, 2.24) is 9.56 Å². The minimum Gasteiger partial charge on any atom is -1.00 e. The lowest BCUT2D eigenvalue weighted by Crippen LogP contribution is -3.00. The molecular weight excluding hydrogens is 691 g/mol. The van der Waals surface area contributed by atoms with E-state index in [1.807, 2.05) is 23.1 Å². The summed E-state index contributed by atoms with van der Waals surface area (Å²) >= 11 is 3.75. The second kappa shape index (κ2) is 15.1. The minimum absolute atomic E-state index is 0. The summed E-state index contributed by atoms with van der Waals surface area (Å²) < 4.78 is 3.46. The zero-order valence-electron chi connectivity index (χ0n) is 27.4. The van der Waals surface area contributed by atoms with Gasteiger partial charge in [-0.2, -0.15) is 0 Å². The number of benzene rings is 4. The Hall–Kier alpha value is -2.62. The van der Waals surface area contributed by atoms with Gasteiger partial charge in [0.2, 0.25) is 5.36 Å². The smallest absolute Gasteiger partial charge is 0.227 e. The van der Waals surface area contributed by atoms with E-state index in [-0.39, 0.29) is 24.0 Å². The van der Waals surface area contributed by atoms with Gasteiger partial charge in [-0.05, 0) is 72.4 Å². The van der Waals surface area contributed by atoms with Gasteiger partial charge in [-0.25, -0.2) is 9.56 Å².